The Hall–Kier alpha value is -9.46. The highest BCUT2D eigenvalue weighted by Crippen LogP contribution is 2.45. The quantitative estimate of drug-likeness (QED) is 0.0582. The summed E-state index contributed by atoms with van der Waals surface area (Å²) in [6.07, 6.45) is 17.7. The SMILES string of the molecule is CCc1c(OC(=O)N2CCC(N3CCCCC3)CC2)ccc2nc3c(cc12)Cn1c-3cc2c(c1=O)COC(=O)C2(O)CC.CCc1c2c(nc3ccc(OC(=O)N4CCC(N5CCCCC5)CC4)cc13)-c1cc3c(c(=O)n1C2)COC(=O)C3(CC)OC(=O)CNC(=O)C1CCC(CC2C(=O)C=CC2=O)CC1. The zero-order chi connectivity index (χ0) is 73.9. The van der Waals surface area contributed by atoms with Crippen LogP contribution in [0.4, 0.5) is 9.59 Å². The number of esters is 3. The lowest BCUT2D eigenvalue weighted by atomic mass is 9.77. The van der Waals surface area contributed by atoms with E-state index in [4.69, 9.17) is 33.7 Å². The van der Waals surface area contributed by atoms with Crippen LogP contribution in [0.2, 0.25) is 0 Å². The number of carbonyl (C=O) groups is 8. The number of benzene rings is 2. The maximum absolute atomic E-state index is 14.3. The number of fused-ring (bicyclic) bond motifs is 10. The van der Waals surface area contributed by atoms with Gasteiger partial charge >= 0.3 is 30.1 Å². The number of aryl methyl sites for hydroxylation is 2. The summed E-state index contributed by atoms with van der Waals surface area (Å²) >= 11 is 0. The fourth-order valence-corrected chi connectivity index (χ4v) is 18.3. The Bertz CT molecular complexity index is 4720. The molecule has 4 saturated heterocycles. The number of carbonyl (C=O) groups excluding carboxylic acids is 8. The average Bonchev–Trinajstić information content (AvgIpc) is 1.55. The van der Waals surface area contributed by atoms with E-state index in [0.717, 1.165) is 77.3 Å². The van der Waals surface area contributed by atoms with Crippen LogP contribution < -0.4 is 25.9 Å². The van der Waals surface area contributed by atoms with E-state index in [1.807, 2.05) is 43.0 Å². The van der Waals surface area contributed by atoms with E-state index >= 15 is 0 Å². The number of piperidine rings is 4. The Labute approximate surface area is 613 Å². The van der Waals surface area contributed by atoms with Crippen LogP contribution in [-0.2, 0) is 93.3 Å². The number of rotatable bonds is 14. The normalized spacial score (nSPS) is 23.2. The second-order valence-corrected chi connectivity index (χ2v) is 30.3. The number of likely N-dealkylation sites (tertiary alicyclic amines) is 4. The molecule has 4 aromatic heterocycles. The van der Waals surface area contributed by atoms with Crippen molar-refractivity contribution in [3.63, 3.8) is 0 Å². The van der Waals surface area contributed by atoms with Crippen LogP contribution in [0.15, 0.2) is 70.3 Å². The van der Waals surface area contributed by atoms with E-state index in [0.29, 0.717) is 141 Å². The molecule has 558 valence electrons. The molecule has 0 radical (unpaired) electrons. The lowest BCUT2D eigenvalue weighted by molar-refractivity contribution is -0.189. The monoisotopic (exact) mass is 1450 g/mol. The van der Waals surface area contributed by atoms with E-state index in [9.17, 15) is 53.1 Å². The number of allylic oxidation sites excluding steroid dienone is 2. The Morgan fingerprint density at radius 2 is 1.12 bits per heavy atom. The smallest absolute Gasteiger partial charge is 0.415 e. The molecule has 5 fully saturated rings. The molecule has 2 aromatic carbocycles. The lowest BCUT2D eigenvalue weighted by Gasteiger charge is -2.39. The van der Waals surface area contributed by atoms with Crippen molar-refractivity contribution in [3.8, 4) is 34.3 Å². The first-order valence-corrected chi connectivity index (χ1v) is 38.5. The average molecular weight is 1450 g/mol. The fourth-order valence-electron chi connectivity index (χ4n) is 18.3. The molecule has 6 aromatic rings. The molecule has 106 heavy (non-hydrogen) atoms. The predicted molar refractivity (Wildman–Crippen MR) is 389 cm³/mol. The van der Waals surface area contributed by atoms with Gasteiger partial charge in [-0.15, -0.1) is 0 Å². The van der Waals surface area contributed by atoms with Crippen molar-refractivity contribution in [3.05, 3.63) is 126 Å². The van der Waals surface area contributed by atoms with Gasteiger partial charge in [-0.2, -0.15) is 0 Å². The standard InChI is InChI=1S/C48H55N5O10.C33H38N4O6/c1-3-32-33-23-31(62-47(60)52-20-16-30(17-21-52)51-18-6-5-7-19-51)12-13-38(33)50-43-35(32)26-53-39(43)24-37-36(45(53)58)27-61-46(59)48(37,4-2)63-42(56)25-49-44(57)29-10-8-28(9-11-29)22-34-40(54)14-15-41(34)55;1-3-22-23-16-20-18-37-27(17-25-24(30(37)38)19-42-31(39)33(25,41)4-2)29(20)34-26(23)8-9-28(22)43-32(40)36-14-10-21(11-15-36)35-12-6-5-7-13-35/h12-15,23-24,28-30,34H,3-11,16-22,25-27H2,1-2H3,(H,49,57);8-9,16-17,21,41H,3-7,10-15,18-19H2,1-2H3. The molecule has 16 rings (SSSR count). The molecular formula is C81H93N9O16. The molecule has 2 aliphatic carbocycles. The molecule has 0 bridgehead atoms. The number of amides is 3. The summed E-state index contributed by atoms with van der Waals surface area (Å²) in [6, 6.07) is 15.6. The van der Waals surface area contributed by atoms with Crippen LogP contribution in [0.5, 0.6) is 11.5 Å². The molecule has 25 nitrogen and oxygen atoms in total. The third-order valence-corrected chi connectivity index (χ3v) is 24.5. The van der Waals surface area contributed by atoms with Gasteiger partial charge in [0.2, 0.25) is 11.5 Å². The number of cyclic esters (lactones) is 2. The van der Waals surface area contributed by atoms with Gasteiger partial charge in [-0.05, 0) is 207 Å². The number of ether oxygens (including phenoxy) is 5. The van der Waals surface area contributed by atoms with Crippen LogP contribution >= 0.6 is 0 Å². The summed E-state index contributed by atoms with van der Waals surface area (Å²) < 4.78 is 31.8. The molecule has 2 atom stereocenters. The summed E-state index contributed by atoms with van der Waals surface area (Å²) in [4.78, 5) is 150. The van der Waals surface area contributed by atoms with Crippen LogP contribution in [-0.4, -0.2) is 162 Å². The summed E-state index contributed by atoms with van der Waals surface area (Å²) in [7, 11) is 0. The minimum absolute atomic E-state index is 0.0247. The predicted octanol–water partition coefficient (Wildman–Crippen LogP) is 9.37. The van der Waals surface area contributed by atoms with Gasteiger partial charge in [0.25, 0.3) is 11.1 Å². The topological polar surface area (TPSA) is 298 Å². The number of ketones is 2. The minimum Gasteiger partial charge on any atom is -0.458 e. The molecule has 3 amide bonds. The molecule has 0 spiro atoms. The number of pyridine rings is 4. The Morgan fingerprint density at radius 1 is 0.575 bits per heavy atom. The van der Waals surface area contributed by atoms with Crippen molar-refractivity contribution in [2.75, 3.05) is 58.9 Å². The van der Waals surface area contributed by atoms with Gasteiger partial charge in [0.05, 0.1) is 63.9 Å². The van der Waals surface area contributed by atoms with Crippen molar-refractivity contribution >= 4 is 69.4 Å². The van der Waals surface area contributed by atoms with E-state index in [2.05, 4.69) is 15.1 Å². The zero-order valence-corrected chi connectivity index (χ0v) is 60.9. The third kappa shape index (κ3) is 13.3. The van der Waals surface area contributed by atoms with Gasteiger partial charge in [0.15, 0.2) is 17.2 Å². The Kier molecular flexibility index (Phi) is 20.2. The van der Waals surface area contributed by atoms with Crippen molar-refractivity contribution in [2.45, 2.75) is 199 Å². The lowest BCUT2D eigenvalue weighted by Crippen LogP contribution is -2.49. The second-order valence-electron chi connectivity index (χ2n) is 30.3. The first-order valence-electron chi connectivity index (χ1n) is 38.5. The number of hydrogen-bond acceptors (Lipinski definition) is 20. The molecule has 10 aliphatic rings. The van der Waals surface area contributed by atoms with Gasteiger partial charge in [-0.3, -0.25) is 28.8 Å². The second kappa shape index (κ2) is 29.7. The van der Waals surface area contributed by atoms with Crippen molar-refractivity contribution in [1.29, 1.82) is 0 Å². The largest absolute Gasteiger partial charge is 0.458 e. The Balaban J connectivity index is 0.000000182. The summed E-state index contributed by atoms with van der Waals surface area (Å²) in [6.45, 7) is 14.3. The summed E-state index contributed by atoms with van der Waals surface area (Å²) in [5, 5.41) is 15.5. The van der Waals surface area contributed by atoms with Gasteiger partial charge in [0.1, 0.15) is 31.3 Å². The maximum atomic E-state index is 14.3. The summed E-state index contributed by atoms with van der Waals surface area (Å²) in [5.41, 5.74) is 3.79. The van der Waals surface area contributed by atoms with Crippen LogP contribution in [0, 0.1) is 17.8 Å². The fraction of sp³-hybridized carbons (Fsp3) is 0.531. The number of nitrogens with one attached hydrogen (secondary N) is 1. The van der Waals surface area contributed by atoms with Crippen molar-refractivity contribution in [2.24, 2.45) is 17.8 Å². The van der Waals surface area contributed by atoms with E-state index < -0.39 is 41.6 Å². The van der Waals surface area contributed by atoms with E-state index in [1.54, 1.807) is 52.1 Å². The Morgan fingerprint density at radius 3 is 1.73 bits per heavy atom. The first kappa shape index (κ1) is 72.1. The van der Waals surface area contributed by atoms with Gasteiger partial charge < -0.3 is 62.8 Å². The number of aromatic nitrogens is 4. The van der Waals surface area contributed by atoms with E-state index in [1.165, 1.54) is 63.8 Å². The van der Waals surface area contributed by atoms with Crippen LogP contribution in [0.3, 0.4) is 0 Å². The maximum Gasteiger partial charge on any atom is 0.415 e. The minimum atomic E-state index is -1.93. The van der Waals surface area contributed by atoms with Crippen molar-refractivity contribution < 1.29 is 67.1 Å². The molecule has 12 heterocycles. The van der Waals surface area contributed by atoms with Crippen LogP contribution in [0.1, 0.15) is 181 Å². The molecule has 8 aliphatic heterocycles. The van der Waals surface area contributed by atoms with Gasteiger partial charge in [-0.25, -0.2) is 29.1 Å². The molecule has 1 saturated carbocycles. The zero-order valence-electron chi connectivity index (χ0n) is 60.9. The molecule has 2 unspecified atom stereocenters. The van der Waals surface area contributed by atoms with Gasteiger partial charge in [-0.1, -0.05) is 40.5 Å². The highest BCUT2D eigenvalue weighted by Gasteiger charge is 2.51. The van der Waals surface area contributed by atoms with Crippen molar-refractivity contribution in [1.82, 2.24) is 44.0 Å². The van der Waals surface area contributed by atoms with E-state index in [-0.39, 0.29) is 96.3 Å². The molecule has 25 heteroatoms. The number of hydrogen-bond donors (Lipinski definition) is 2. The third-order valence-electron chi connectivity index (χ3n) is 24.5. The first-order chi connectivity index (χ1) is 51.3. The highest BCUT2D eigenvalue weighted by molar-refractivity contribution is 6.18. The number of nitrogens with zero attached hydrogens (tertiary/aromatic N) is 8. The number of aliphatic hydroxyl groups is 1. The van der Waals surface area contributed by atoms with Crippen LogP contribution in [0.25, 0.3) is 44.6 Å². The molecule has 2 N–H and O–H groups in total. The summed E-state index contributed by atoms with van der Waals surface area (Å²) in [5.74, 6) is -2.89. The van der Waals surface area contributed by atoms with Gasteiger partial charge in [0, 0.05) is 82.8 Å². The molecular weight excluding hydrogens is 1350 g/mol. The highest BCUT2D eigenvalue weighted by atomic mass is 16.6.